The summed E-state index contributed by atoms with van der Waals surface area (Å²) in [5.74, 6) is 2.97. The van der Waals surface area contributed by atoms with Crippen LogP contribution < -0.4 is 14.8 Å². The van der Waals surface area contributed by atoms with Crippen molar-refractivity contribution in [2.45, 2.75) is 40.0 Å². The molecule has 0 radical (unpaired) electrons. The summed E-state index contributed by atoms with van der Waals surface area (Å²) in [5.41, 5.74) is 3.40. The smallest absolute Gasteiger partial charge is 0.226 e. The van der Waals surface area contributed by atoms with Crippen molar-refractivity contribution < 1.29 is 14.3 Å². The average molecular weight is 447 g/mol. The number of amides is 1. The molecule has 0 saturated heterocycles. The Morgan fingerprint density at radius 1 is 1.03 bits per heavy atom. The number of nitrogens with zero attached hydrogens (tertiary/aromatic N) is 6. The van der Waals surface area contributed by atoms with Gasteiger partial charge in [0, 0.05) is 17.9 Å². The number of ether oxygens (including phenoxy) is 2. The van der Waals surface area contributed by atoms with Crippen LogP contribution in [0.25, 0.3) is 11.5 Å². The molecule has 1 aliphatic rings. The third kappa shape index (κ3) is 3.57. The zero-order valence-electron chi connectivity index (χ0n) is 19.0. The molecule has 10 heteroatoms. The van der Waals surface area contributed by atoms with Crippen LogP contribution in [0.15, 0.2) is 30.3 Å². The molecular formula is C23H25N7O3. The Bertz CT molecular complexity index is 1360. The molecule has 1 aliphatic heterocycles. The van der Waals surface area contributed by atoms with Gasteiger partial charge < -0.3 is 14.8 Å². The summed E-state index contributed by atoms with van der Waals surface area (Å²) < 4.78 is 14.8. The number of anilines is 1. The van der Waals surface area contributed by atoms with Gasteiger partial charge in [0.05, 0.1) is 18.9 Å². The topological polar surface area (TPSA) is 108 Å². The first kappa shape index (κ1) is 20.9. The number of aryl methyl sites for hydroxylation is 2. The van der Waals surface area contributed by atoms with Crippen molar-refractivity contribution in [3.8, 4) is 17.3 Å². The highest BCUT2D eigenvalue weighted by molar-refractivity contribution is 5.95. The standard InChI is InChI=1S/C23H25N7O3/c1-5-32-17-8-7-15(11-18(17)33-6-2)16-12-21(31)24-23-22(16)13(3)27-30(23)20-10-9-19-26-25-14(4)29(19)28-20/h7-11,16H,5-6,12H2,1-4H3,(H,24,31). The van der Waals surface area contributed by atoms with Gasteiger partial charge in [-0.05, 0) is 57.5 Å². The van der Waals surface area contributed by atoms with Crippen LogP contribution in [-0.2, 0) is 4.79 Å². The Balaban J connectivity index is 1.62. The predicted octanol–water partition coefficient (Wildman–Crippen LogP) is 3.20. The van der Waals surface area contributed by atoms with E-state index in [9.17, 15) is 4.79 Å². The van der Waals surface area contributed by atoms with Gasteiger partial charge in [0.1, 0.15) is 5.82 Å². The van der Waals surface area contributed by atoms with Crippen molar-refractivity contribution in [3.05, 3.63) is 53.0 Å². The van der Waals surface area contributed by atoms with E-state index < -0.39 is 0 Å². The van der Waals surface area contributed by atoms with Crippen molar-refractivity contribution in [1.29, 1.82) is 0 Å². The van der Waals surface area contributed by atoms with E-state index in [4.69, 9.17) is 14.6 Å². The minimum Gasteiger partial charge on any atom is -0.490 e. The third-order valence-electron chi connectivity index (χ3n) is 5.69. The van der Waals surface area contributed by atoms with Crippen molar-refractivity contribution in [2.75, 3.05) is 18.5 Å². The minimum atomic E-state index is -0.169. The van der Waals surface area contributed by atoms with Gasteiger partial charge in [-0.1, -0.05) is 6.07 Å². The number of hydrogen-bond acceptors (Lipinski definition) is 7. The lowest BCUT2D eigenvalue weighted by molar-refractivity contribution is -0.116. The molecule has 0 aliphatic carbocycles. The van der Waals surface area contributed by atoms with Crippen LogP contribution in [0.2, 0.25) is 0 Å². The SMILES string of the molecule is CCOc1ccc(C2CC(=O)Nc3c2c(C)nn3-c2ccc3nnc(C)n3n2)cc1OCC. The van der Waals surface area contributed by atoms with E-state index in [-0.39, 0.29) is 11.8 Å². The zero-order valence-corrected chi connectivity index (χ0v) is 19.0. The molecule has 3 aromatic heterocycles. The van der Waals surface area contributed by atoms with Crippen molar-refractivity contribution in [3.63, 3.8) is 0 Å². The first-order valence-electron chi connectivity index (χ1n) is 11.0. The molecule has 1 N–H and O–H groups in total. The Kier molecular flexibility index (Phi) is 5.20. The van der Waals surface area contributed by atoms with E-state index in [1.165, 1.54) is 0 Å². The van der Waals surface area contributed by atoms with E-state index in [1.54, 1.807) is 9.20 Å². The van der Waals surface area contributed by atoms with E-state index >= 15 is 0 Å². The average Bonchev–Trinajstić information content (AvgIpc) is 3.34. The number of aromatic nitrogens is 6. The third-order valence-corrected chi connectivity index (χ3v) is 5.69. The van der Waals surface area contributed by atoms with Gasteiger partial charge in [0.25, 0.3) is 0 Å². The fraction of sp³-hybridized carbons (Fsp3) is 0.348. The van der Waals surface area contributed by atoms with Gasteiger partial charge in [-0.15, -0.1) is 15.3 Å². The monoisotopic (exact) mass is 447 g/mol. The second-order valence-electron chi connectivity index (χ2n) is 7.85. The van der Waals surface area contributed by atoms with Gasteiger partial charge >= 0.3 is 0 Å². The Hall–Kier alpha value is -3.95. The highest BCUT2D eigenvalue weighted by atomic mass is 16.5. The van der Waals surface area contributed by atoms with Gasteiger partial charge in [-0.2, -0.15) is 14.3 Å². The molecule has 1 aromatic carbocycles. The molecule has 4 aromatic rings. The number of benzene rings is 1. The van der Waals surface area contributed by atoms with E-state index in [0.29, 0.717) is 54.2 Å². The number of fused-ring (bicyclic) bond motifs is 2. The summed E-state index contributed by atoms with van der Waals surface area (Å²) in [6.45, 7) is 8.72. The van der Waals surface area contributed by atoms with Crippen molar-refractivity contribution in [1.82, 2.24) is 29.6 Å². The predicted molar refractivity (Wildman–Crippen MR) is 121 cm³/mol. The van der Waals surface area contributed by atoms with Crippen LogP contribution in [0.3, 0.4) is 0 Å². The van der Waals surface area contributed by atoms with Gasteiger partial charge in [-0.25, -0.2) is 0 Å². The molecule has 1 amide bonds. The summed E-state index contributed by atoms with van der Waals surface area (Å²) >= 11 is 0. The molecule has 0 saturated carbocycles. The molecule has 5 rings (SSSR count). The second kappa shape index (κ2) is 8.19. The summed E-state index contributed by atoms with van der Waals surface area (Å²) in [6.07, 6.45) is 0.316. The summed E-state index contributed by atoms with van der Waals surface area (Å²) in [4.78, 5) is 12.8. The first-order valence-corrected chi connectivity index (χ1v) is 11.0. The van der Waals surface area contributed by atoms with Crippen LogP contribution in [0, 0.1) is 13.8 Å². The molecule has 0 bridgehead atoms. The number of rotatable bonds is 6. The largest absolute Gasteiger partial charge is 0.490 e. The highest BCUT2D eigenvalue weighted by Gasteiger charge is 2.33. The Labute approximate surface area is 190 Å². The van der Waals surface area contributed by atoms with E-state index in [2.05, 4.69) is 20.6 Å². The fourth-order valence-electron chi connectivity index (χ4n) is 4.28. The first-order chi connectivity index (χ1) is 16.0. The summed E-state index contributed by atoms with van der Waals surface area (Å²) in [6, 6.07) is 9.50. The lowest BCUT2D eigenvalue weighted by Crippen LogP contribution is -2.25. The van der Waals surface area contributed by atoms with Crippen molar-refractivity contribution in [2.24, 2.45) is 0 Å². The normalized spacial score (nSPS) is 15.4. The van der Waals surface area contributed by atoms with Gasteiger partial charge in [-0.3, -0.25) is 4.79 Å². The van der Waals surface area contributed by atoms with Crippen LogP contribution >= 0.6 is 0 Å². The molecule has 170 valence electrons. The van der Waals surface area contributed by atoms with E-state index in [1.807, 2.05) is 58.0 Å². The summed E-state index contributed by atoms with van der Waals surface area (Å²) in [7, 11) is 0. The van der Waals surface area contributed by atoms with Gasteiger partial charge in [0.2, 0.25) is 5.91 Å². The molecule has 0 spiro atoms. The van der Waals surface area contributed by atoms with Crippen LogP contribution in [0.1, 0.15) is 48.8 Å². The molecule has 1 atom stereocenters. The van der Waals surface area contributed by atoms with E-state index in [0.717, 1.165) is 16.8 Å². The Morgan fingerprint density at radius 2 is 1.82 bits per heavy atom. The molecular weight excluding hydrogens is 422 g/mol. The van der Waals surface area contributed by atoms with Crippen LogP contribution in [0.4, 0.5) is 5.82 Å². The number of hydrogen-bond donors (Lipinski definition) is 1. The minimum absolute atomic E-state index is 0.0814. The quantitative estimate of drug-likeness (QED) is 0.483. The fourth-order valence-corrected chi connectivity index (χ4v) is 4.28. The van der Waals surface area contributed by atoms with Gasteiger partial charge in [0.15, 0.2) is 28.8 Å². The molecule has 10 nitrogen and oxygen atoms in total. The maximum atomic E-state index is 12.8. The van der Waals surface area contributed by atoms with Crippen molar-refractivity contribution >= 4 is 17.4 Å². The molecule has 0 fully saturated rings. The van der Waals surface area contributed by atoms with Crippen LogP contribution in [0.5, 0.6) is 11.5 Å². The lowest BCUT2D eigenvalue weighted by atomic mass is 9.85. The Morgan fingerprint density at radius 3 is 2.61 bits per heavy atom. The molecule has 33 heavy (non-hydrogen) atoms. The number of carbonyl (C=O) groups is 1. The maximum Gasteiger partial charge on any atom is 0.226 e. The molecule has 1 unspecified atom stereocenters. The summed E-state index contributed by atoms with van der Waals surface area (Å²) in [5, 5.41) is 20.5. The second-order valence-corrected chi connectivity index (χ2v) is 7.85. The molecule has 4 heterocycles. The maximum absolute atomic E-state index is 12.8. The van der Waals surface area contributed by atoms with Crippen LogP contribution in [-0.4, -0.2) is 48.7 Å². The zero-order chi connectivity index (χ0) is 23.1. The number of nitrogens with one attached hydrogen (secondary N) is 1. The highest BCUT2D eigenvalue weighted by Crippen LogP contribution is 2.42. The lowest BCUT2D eigenvalue weighted by Gasteiger charge is -2.25. The number of carbonyl (C=O) groups excluding carboxylic acids is 1.